The lowest BCUT2D eigenvalue weighted by molar-refractivity contribution is 0.0944. The minimum Gasteiger partial charge on any atom is -0.347 e. The number of pyridine rings is 1. The van der Waals surface area contributed by atoms with Crippen LogP contribution in [0.5, 0.6) is 0 Å². The Morgan fingerprint density at radius 3 is 3.00 bits per heavy atom. The van der Waals surface area contributed by atoms with E-state index < -0.39 is 0 Å². The Morgan fingerprint density at radius 2 is 2.24 bits per heavy atom. The lowest BCUT2D eigenvalue weighted by atomic mass is 10.1. The number of hydrogen-bond acceptors (Lipinski definition) is 3. The van der Waals surface area contributed by atoms with Crippen molar-refractivity contribution < 1.29 is 4.79 Å². The van der Waals surface area contributed by atoms with Gasteiger partial charge in [-0.3, -0.25) is 14.5 Å². The Morgan fingerprint density at radius 1 is 1.38 bits per heavy atom. The smallest absolute Gasteiger partial charge is 0.273 e. The standard InChI is InChI=1S/C15H13BrN4O/c1-20-9-12(16)14(19-20)15(21)18-8-10-4-5-13-11(7-10)3-2-6-17-13/h2-7,9H,8H2,1H3,(H,18,21). The number of carbonyl (C=O) groups is 1. The van der Waals surface area contributed by atoms with Crippen molar-refractivity contribution in [3.63, 3.8) is 0 Å². The van der Waals surface area contributed by atoms with Gasteiger partial charge in [0.25, 0.3) is 5.91 Å². The molecule has 0 aliphatic carbocycles. The highest BCUT2D eigenvalue weighted by molar-refractivity contribution is 9.10. The number of nitrogens with zero attached hydrogens (tertiary/aromatic N) is 3. The van der Waals surface area contributed by atoms with Crippen molar-refractivity contribution in [3.05, 3.63) is 58.5 Å². The Bertz CT molecular complexity index is 812. The zero-order valence-electron chi connectivity index (χ0n) is 11.4. The lowest BCUT2D eigenvalue weighted by Crippen LogP contribution is -2.23. The van der Waals surface area contributed by atoms with E-state index in [1.54, 1.807) is 24.1 Å². The third-order valence-electron chi connectivity index (χ3n) is 3.12. The predicted octanol–water partition coefficient (Wildman–Crippen LogP) is 2.66. The normalized spacial score (nSPS) is 10.8. The van der Waals surface area contributed by atoms with Crippen LogP contribution in [0, 0.1) is 0 Å². The number of rotatable bonds is 3. The van der Waals surface area contributed by atoms with Crippen molar-refractivity contribution in [2.75, 3.05) is 0 Å². The van der Waals surface area contributed by atoms with Gasteiger partial charge in [-0.1, -0.05) is 12.1 Å². The zero-order chi connectivity index (χ0) is 14.8. The Balaban J connectivity index is 1.74. The van der Waals surface area contributed by atoms with Gasteiger partial charge in [0, 0.05) is 31.4 Å². The van der Waals surface area contributed by atoms with Gasteiger partial charge in [-0.2, -0.15) is 5.10 Å². The summed E-state index contributed by atoms with van der Waals surface area (Å²) in [6.45, 7) is 0.451. The fraction of sp³-hybridized carbons (Fsp3) is 0.133. The quantitative estimate of drug-likeness (QED) is 0.794. The van der Waals surface area contributed by atoms with Crippen LogP contribution in [0.4, 0.5) is 0 Å². The molecule has 3 aromatic rings. The summed E-state index contributed by atoms with van der Waals surface area (Å²) < 4.78 is 2.28. The maximum Gasteiger partial charge on any atom is 0.273 e. The van der Waals surface area contributed by atoms with Gasteiger partial charge in [-0.05, 0) is 39.7 Å². The molecule has 1 N–H and O–H groups in total. The van der Waals surface area contributed by atoms with Crippen LogP contribution in [-0.2, 0) is 13.6 Å². The van der Waals surface area contributed by atoms with Gasteiger partial charge < -0.3 is 5.32 Å². The van der Waals surface area contributed by atoms with Crippen molar-refractivity contribution in [2.45, 2.75) is 6.54 Å². The molecule has 2 heterocycles. The molecule has 0 fully saturated rings. The number of benzene rings is 1. The summed E-state index contributed by atoms with van der Waals surface area (Å²) in [6.07, 6.45) is 3.51. The molecule has 21 heavy (non-hydrogen) atoms. The van der Waals surface area contributed by atoms with Gasteiger partial charge in [0.1, 0.15) is 0 Å². The van der Waals surface area contributed by atoms with Gasteiger partial charge in [0.15, 0.2) is 5.69 Å². The fourth-order valence-electron chi connectivity index (χ4n) is 2.11. The van der Waals surface area contributed by atoms with E-state index in [1.165, 1.54) is 0 Å². The fourth-order valence-corrected chi connectivity index (χ4v) is 2.67. The molecule has 0 spiro atoms. The summed E-state index contributed by atoms with van der Waals surface area (Å²) in [6, 6.07) is 9.84. The Kier molecular flexibility index (Phi) is 3.70. The molecular weight excluding hydrogens is 332 g/mol. The van der Waals surface area contributed by atoms with Crippen molar-refractivity contribution >= 4 is 32.7 Å². The molecule has 5 nitrogen and oxygen atoms in total. The third kappa shape index (κ3) is 2.95. The first-order chi connectivity index (χ1) is 10.1. The highest BCUT2D eigenvalue weighted by atomic mass is 79.9. The molecule has 1 amide bonds. The molecule has 0 radical (unpaired) electrons. The molecule has 106 valence electrons. The second-order valence-corrected chi connectivity index (χ2v) is 5.57. The summed E-state index contributed by atoms with van der Waals surface area (Å²) in [7, 11) is 1.78. The van der Waals surface area contributed by atoms with Crippen LogP contribution in [-0.4, -0.2) is 20.7 Å². The maximum absolute atomic E-state index is 12.1. The van der Waals surface area contributed by atoms with Gasteiger partial charge in [0.2, 0.25) is 0 Å². The highest BCUT2D eigenvalue weighted by Crippen LogP contribution is 2.15. The minimum absolute atomic E-state index is 0.200. The minimum atomic E-state index is -0.200. The molecular formula is C15H13BrN4O. The topological polar surface area (TPSA) is 59.8 Å². The van der Waals surface area contributed by atoms with E-state index in [1.807, 2.05) is 30.3 Å². The van der Waals surface area contributed by atoms with Crippen LogP contribution in [0.15, 0.2) is 47.2 Å². The second kappa shape index (κ2) is 5.65. The van der Waals surface area contributed by atoms with E-state index in [-0.39, 0.29) is 5.91 Å². The number of hydrogen-bond donors (Lipinski definition) is 1. The van der Waals surface area contributed by atoms with Crippen LogP contribution in [0.3, 0.4) is 0 Å². The highest BCUT2D eigenvalue weighted by Gasteiger charge is 2.13. The van der Waals surface area contributed by atoms with Gasteiger partial charge in [-0.15, -0.1) is 0 Å². The molecule has 0 aliphatic rings. The molecule has 0 unspecified atom stereocenters. The molecule has 0 aliphatic heterocycles. The van der Waals surface area contributed by atoms with Crippen molar-refractivity contribution in [2.24, 2.45) is 7.05 Å². The van der Waals surface area contributed by atoms with Crippen LogP contribution in [0.1, 0.15) is 16.1 Å². The van der Waals surface area contributed by atoms with E-state index in [0.29, 0.717) is 16.7 Å². The number of halogens is 1. The Labute approximate surface area is 130 Å². The van der Waals surface area contributed by atoms with Crippen LogP contribution >= 0.6 is 15.9 Å². The van der Waals surface area contributed by atoms with E-state index >= 15 is 0 Å². The maximum atomic E-state index is 12.1. The Hall–Kier alpha value is -2.21. The van der Waals surface area contributed by atoms with Crippen molar-refractivity contribution in [3.8, 4) is 0 Å². The first-order valence-corrected chi connectivity index (χ1v) is 7.24. The number of fused-ring (bicyclic) bond motifs is 1. The number of amides is 1. The summed E-state index contributed by atoms with van der Waals surface area (Å²) in [4.78, 5) is 16.4. The largest absolute Gasteiger partial charge is 0.347 e. The van der Waals surface area contributed by atoms with Gasteiger partial charge in [-0.25, -0.2) is 0 Å². The summed E-state index contributed by atoms with van der Waals surface area (Å²) in [5.41, 5.74) is 2.36. The van der Waals surface area contributed by atoms with E-state index in [9.17, 15) is 4.79 Å². The number of aromatic nitrogens is 3. The first kappa shape index (κ1) is 13.8. The molecule has 0 atom stereocenters. The number of aryl methyl sites for hydroxylation is 1. The van der Waals surface area contributed by atoms with Gasteiger partial charge >= 0.3 is 0 Å². The first-order valence-electron chi connectivity index (χ1n) is 6.44. The molecule has 0 saturated carbocycles. The summed E-state index contributed by atoms with van der Waals surface area (Å²) in [5, 5.41) is 8.05. The van der Waals surface area contributed by atoms with Crippen LogP contribution in [0.25, 0.3) is 10.9 Å². The number of carbonyl (C=O) groups excluding carboxylic acids is 1. The average Bonchev–Trinajstić information content (AvgIpc) is 2.83. The van der Waals surface area contributed by atoms with Gasteiger partial charge in [0.05, 0.1) is 9.99 Å². The average molecular weight is 345 g/mol. The van der Waals surface area contributed by atoms with E-state index in [2.05, 4.69) is 31.3 Å². The monoisotopic (exact) mass is 344 g/mol. The molecule has 2 aromatic heterocycles. The zero-order valence-corrected chi connectivity index (χ0v) is 13.0. The summed E-state index contributed by atoms with van der Waals surface area (Å²) >= 11 is 3.32. The van der Waals surface area contributed by atoms with Crippen LogP contribution in [0.2, 0.25) is 0 Å². The SMILES string of the molecule is Cn1cc(Br)c(C(=O)NCc2ccc3ncccc3c2)n1. The van der Waals surface area contributed by atoms with E-state index in [4.69, 9.17) is 0 Å². The molecule has 3 rings (SSSR count). The summed E-state index contributed by atoms with van der Waals surface area (Å²) in [5.74, 6) is -0.200. The molecule has 0 saturated heterocycles. The molecule has 1 aromatic carbocycles. The third-order valence-corrected chi connectivity index (χ3v) is 3.70. The number of nitrogens with one attached hydrogen (secondary N) is 1. The van der Waals surface area contributed by atoms with Crippen LogP contribution < -0.4 is 5.32 Å². The van der Waals surface area contributed by atoms with Crippen molar-refractivity contribution in [1.82, 2.24) is 20.1 Å². The lowest BCUT2D eigenvalue weighted by Gasteiger charge is -2.05. The second-order valence-electron chi connectivity index (χ2n) is 4.71. The molecule has 6 heteroatoms. The van der Waals surface area contributed by atoms with E-state index in [0.717, 1.165) is 16.5 Å². The van der Waals surface area contributed by atoms with Crippen molar-refractivity contribution in [1.29, 1.82) is 0 Å². The molecule has 0 bridgehead atoms. The predicted molar refractivity (Wildman–Crippen MR) is 83.8 cm³/mol.